The van der Waals surface area contributed by atoms with Crippen molar-refractivity contribution in [1.82, 2.24) is 15.2 Å². The molecule has 152 valence electrons. The van der Waals surface area contributed by atoms with E-state index in [1.807, 2.05) is 12.3 Å². The smallest absolute Gasteiger partial charge is 0.250 e. The molecule has 29 heavy (non-hydrogen) atoms. The van der Waals surface area contributed by atoms with Crippen LogP contribution in [0.15, 0.2) is 76.0 Å². The highest BCUT2D eigenvalue weighted by atomic mass is 32.1. The number of thiophene rings is 1. The van der Waals surface area contributed by atoms with Gasteiger partial charge in [0.25, 0.3) is 5.56 Å². The zero-order valence-electron chi connectivity index (χ0n) is 17.2. The lowest BCUT2D eigenvalue weighted by Crippen LogP contribution is -2.42. The molecular formula is C23H28N4OS. The Bertz CT molecular complexity index is 988. The van der Waals surface area contributed by atoms with Gasteiger partial charge in [0.2, 0.25) is 0 Å². The van der Waals surface area contributed by atoms with Crippen LogP contribution in [0.2, 0.25) is 0 Å². The molecular weight excluding hydrogens is 380 g/mol. The molecule has 0 atom stereocenters. The van der Waals surface area contributed by atoms with Crippen molar-refractivity contribution in [3.8, 4) is 0 Å². The van der Waals surface area contributed by atoms with Crippen LogP contribution in [0.25, 0.3) is 0 Å². The van der Waals surface area contributed by atoms with E-state index in [4.69, 9.17) is 0 Å². The highest BCUT2D eigenvalue weighted by molar-refractivity contribution is 7.10. The first-order chi connectivity index (χ1) is 14.0. The van der Waals surface area contributed by atoms with E-state index in [-0.39, 0.29) is 11.0 Å². The van der Waals surface area contributed by atoms with Crippen LogP contribution in [0.5, 0.6) is 0 Å². The van der Waals surface area contributed by atoms with Crippen LogP contribution in [0.4, 0.5) is 0 Å². The van der Waals surface area contributed by atoms with Gasteiger partial charge in [-0.15, -0.1) is 11.3 Å². The number of nitrogens with zero attached hydrogens (tertiary/aromatic N) is 2. The van der Waals surface area contributed by atoms with Gasteiger partial charge in [-0.1, -0.05) is 50.2 Å². The van der Waals surface area contributed by atoms with Crippen LogP contribution in [0.1, 0.15) is 29.9 Å². The lowest BCUT2D eigenvalue weighted by atomic mass is 9.91. The van der Waals surface area contributed by atoms with E-state index in [9.17, 15) is 4.79 Å². The van der Waals surface area contributed by atoms with Gasteiger partial charge in [0.1, 0.15) is 0 Å². The molecule has 0 bridgehead atoms. The zero-order valence-corrected chi connectivity index (χ0v) is 18.0. The lowest BCUT2D eigenvalue weighted by Gasteiger charge is -2.25. The molecule has 1 aromatic carbocycles. The first kappa shape index (κ1) is 20.9. The molecule has 0 aliphatic rings. The van der Waals surface area contributed by atoms with Crippen molar-refractivity contribution in [1.29, 1.82) is 0 Å². The molecule has 6 heteroatoms. The van der Waals surface area contributed by atoms with Crippen molar-refractivity contribution in [3.05, 3.63) is 92.5 Å². The van der Waals surface area contributed by atoms with Gasteiger partial charge in [0.15, 0.2) is 5.96 Å². The van der Waals surface area contributed by atoms with Crippen LogP contribution in [0.3, 0.4) is 0 Å². The summed E-state index contributed by atoms with van der Waals surface area (Å²) in [7, 11) is 1.79. The van der Waals surface area contributed by atoms with E-state index in [2.05, 4.69) is 71.3 Å². The summed E-state index contributed by atoms with van der Waals surface area (Å²) in [5, 5.41) is 8.91. The number of rotatable bonds is 7. The quantitative estimate of drug-likeness (QED) is 0.464. The highest BCUT2D eigenvalue weighted by Crippen LogP contribution is 2.26. The Morgan fingerprint density at radius 2 is 1.79 bits per heavy atom. The number of aliphatic imine (C=N–C) groups is 1. The van der Waals surface area contributed by atoms with Gasteiger partial charge >= 0.3 is 0 Å². The summed E-state index contributed by atoms with van der Waals surface area (Å²) in [6.45, 7) is 6.53. The molecule has 0 aliphatic carbocycles. The van der Waals surface area contributed by atoms with Crippen molar-refractivity contribution in [3.63, 3.8) is 0 Å². The lowest BCUT2D eigenvalue weighted by molar-refractivity contribution is 0.518. The third-order valence-electron chi connectivity index (χ3n) is 4.84. The van der Waals surface area contributed by atoms with E-state index in [0.29, 0.717) is 13.1 Å². The summed E-state index contributed by atoms with van der Waals surface area (Å²) in [6, 6.07) is 17.8. The van der Waals surface area contributed by atoms with Gasteiger partial charge in [0, 0.05) is 42.7 Å². The van der Waals surface area contributed by atoms with E-state index in [0.717, 1.165) is 23.6 Å². The average molecular weight is 409 g/mol. The van der Waals surface area contributed by atoms with Crippen LogP contribution in [0, 0.1) is 0 Å². The van der Waals surface area contributed by atoms with Gasteiger partial charge in [-0.25, -0.2) is 0 Å². The number of pyridine rings is 1. The van der Waals surface area contributed by atoms with Crippen LogP contribution in [-0.2, 0) is 18.5 Å². The zero-order chi connectivity index (χ0) is 20.7. The maximum absolute atomic E-state index is 11.8. The summed E-state index contributed by atoms with van der Waals surface area (Å²) in [4.78, 5) is 17.5. The summed E-state index contributed by atoms with van der Waals surface area (Å²) in [5.74, 6) is 0.787. The van der Waals surface area contributed by atoms with Gasteiger partial charge in [-0.3, -0.25) is 9.79 Å². The Balaban J connectivity index is 1.52. The standard InChI is InChI=1S/C23H28N4OS/c1-23(2,20-7-6-14-29-20)17-26-22(24-3)25-15-18-9-11-19(12-10-18)16-27-13-5-4-8-21(27)28/h4-14H,15-17H2,1-3H3,(H2,24,25,26). The minimum Gasteiger partial charge on any atom is -0.356 e. The average Bonchev–Trinajstić information content (AvgIpc) is 3.27. The van der Waals surface area contributed by atoms with E-state index < -0.39 is 0 Å². The van der Waals surface area contributed by atoms with Crippen molar-refractivity contribution in [2.75, 3.05) is 13.6 Å². The normalized spacial score (nSPS) is 12.0. The van der Waals surface area contributed by atoms with Crippen molar-refractivity contribution >= 4 is 17.3 Å². The molecule has 5 nitrogen and oxygen atoms in total. The number of aromatic nitrogens is 1. The van der Waals surface area contributed by atoms with Gasteiger partial charge in [0.05, 0.1) is 6.54 Å². The molecule has 0 amide bonds. The van der Waals surface area contributed by atoms with Crippen molar-refractivity contribution in [2.24, 2.45) is 4.99 Å². The summed E-state index contributed by atoms with van der Waals surface area (Å²) in [5.41, 5.74) is 2.32. The molecule has 0 saturated carbocycles. The molecule has 2 aromatic heterocycles. The fraction of sp³-hybridized carbons (Fsp3) is 0.304. The molecule has 2 N–H and O–H groups in total. The Labute approximate surface area is 176 Å². The van der Waals surface area contributed by atoms with Crippen LogP contribution in [-0.4, -0.2) is 24.1 Å². The van der Waals surface area contributed by atoms with Gasteiger partial charge in [-0.05, 0) is 28.6 Å². The van der Waals surface area contributed by atoms with Gasteiger partial charge in [-0.2, -0.15) is 0 Å². The largest absolute Gasteiger partial charge is 0.356 e. The third kappa shape index (κ3) is 5.81. The van der Waals surface area contributed by atoms with Crippen LogP contribution < -0.4 is 16.2 Å². The minimum absolute atomic E-state index is 0.0126. The Kier molecular flexibility index (Phi) is 6.88. The number of hydrogen-bond donors (Lipinski definition) is 2. The maximum atomic E-state index is 11.8. The van der Waals surface area contributed by atoms with Crippen molar-refractivity contribution in [2.45, 2.75) is 32.4 Å². The molecule has 2 heterocycles. The number of hydrogen-bond acceptors (Lipinski definition) is 3. The molecule has 0 saturated heterocycles. The fourth-order valence-corrected chi connectivity index (χ4v) is 3.86. The molecule has 0 radical (unpaired) electrons. The maximum Gasteiger partial charge on any atom is 0.250 e. The number of nitrogens with one attached hydrogen (secondary N) is 2. The Hall–Kier alpha value is -2.86. The van der Waals surface area contributed by atoms with Crippen LogP contribution >= 0.6 is 11.3 Å². The monoisotopic (exact) mass is 408 g/mol. The first-order valence-electron chi connectivity index (χ1n) is 9.70. The second kappa shape index (κ2) is 9.56. The van der Waals surface area contributed by atoms with Gasteiger partial charge < -0.3 is 15.2 Å². The summed E-state index contributed by atoms with van der Waals surface area (Å²) in [6.07, 6.45) is 1.81. The van der Waals surface area contributed by atoms with E-state index >= 15 is 0 Å². The third-order valence-corrected chi connectivity index (χ3v) is 6.08. The minimum atomic E-state index is 0.0126. The predicted octanol–water partition coefficient (Wildman–Crippen LogP) is 3.60. The molecule has 0 unspecified atom stereocenters. The van der Waals surface area contributed by atoms with E-state index in [1.54, 1.807) is 35.1 Å². The molecule has 3 aromatic rings. The molecule has 0 fully saturated rings. The summed E-state index contributed by atoms with van der Waals surface area (Å²) >= 11 is 1.78. The molecule has 3 rings (SSSR count). The Morgan fingerprint density at radius 1 is 1.03 bits per heavy atom. The molecule has 0 spiro atoms. The SMILES string of the molecule is CN=C(NCc1ccc(Cn2ccccc2=O)cc1)NCC(C)(C)c1cccs1. The molecule has 0 aliphatic heterocycles. The second-order valence-corrected chi connectivity index (χ2v) is 8.57. The summed E-state index contributed by atoms with van der Waals surface area (Å²) < 4.78 is 1.70. The topological polar surface area (TPSA) is 58.4 Å². The van der Waals surface area contributed by atoms with Crippen molar-refractivity contribution < 1.29 is 0 Å². The van der Waals surface area contributed by atoms with E-state index in [1.165, 1.54) is 4.88 Å². The fourth-order valence-electron chi connectivity index (χ4n) is 3.01. The number of guanidine groups is 1. The Morgan fingerprint density at radius 3 is 2.45 bits per heavy atom. The predicted molar refractivity (Wildman–Crippen MR) is 122 cm³/mol. The first-order valence-corrected chi connectivity index (χ1v) is 10.6. The number of benzene rings is 1. The highest BCUT2D eigenvalue weighted by Gasteiger charge is 2.21. The second-order valence-electron chi connectivity index (χ2n) is 7.62.